The van der Waals surface area contributed by atoms with E-state index in [1.807, 2.05) is 22.6 Å². The smallest absolute Gasteiger partial charge is 0.339 e. The Balaban J connectivity index is 2.36. The molecular formula is C13H8INO5. The van der Waals surface area contributed by atoms with Gasteiger partial charge in [-0.25, -0.2) is 4.79 Å². The van der Waals surface area contributed by atoms with Crippen molar-refractivity contribution in [2.75, 3.05) is 0 Å². The first-order valence-corrected chi connectivity index (χ1v) is 6.51. The summed E-state index contributed by atoms with van der Waals surface area (Å²) in [6, 6.07) is 10.3. The van der Waals surface area contributed by atoms with Crippen LogP contribution in [0, 0.1) is 13.7 Å². The van der Waals surface area contributed by atoms with Crippen LogP contribution in [-0.4, -0.2) is 16.0 Å². The van der Waals surface area contributed by atoms with Crippen LogP contribution in [0.4, 0.5) is 5.69 Å². The Labute approximate surface area is 127 Å². The topological polar surface area (TPSA) is 89.7 Å². The van der Waals surface area contributed by atoms with Crippen LogP contribution < -0.4 is 4.74 Å². The highest BCUT2D eigenvalue weighted by Crippen LogP contribution is 2.31. The molecule has 0 spiro atoms. The molecule has 0 radical (unpaired) electrons. The van der Waals surface area contributed by atoms with Crippen LogP contribution in [-0.2, 0) is 0 Å². The second kappa shape index (κ2) is 5.87. The molecule has 6 nitrogen and oxygen atoms in total. The van der Waals surface area contributed by atoms with Crippen molar-refractivity contribution in [3.05, 3.63) is 61.7 Å². The number of ether oxygens (including phenoxy) is 1. The monoisotopic (exact) mass is 385 g/mol. The number of rotatable bonds is 4. The van der Waals surface area contributed by atoms with Gasteiger partial charge in [0.1, 0.15) is 17.1 Å². The standard InChI is InChI=1S/C13H8INO5/c14-10-7-8(15(18)19)5-6-12(10)20-11-4-2-1-3-9(11)13(16)17/h1-7H,(H,16,17). The van der Waals surface area contributed by atoms with Crippen LogP contribution in [0.15, 0.2) is 42.5 Å². The zero-order valence-corrected chi connectivity index (χ0v) is 12.1. The van der Waals surface area contributed by atoms with E-state index in [0.29, 0.717) is 9.32 Å². The number of nitrogens with zero attached hydrogens (tertiary/aromatic N) is 1. The van der Waals surface area contributed by atoms with Crippen molar-refractivity contribution < 1.29 is 19.6 Å². The summed E-state index contributed by atoms with van der Waals surface area (Å²) in [5, 5.41) is 19.7. The number of carbonyl (C=O) groups is 1. The lowest BCUT2D eigenvalue weighted by molar-refractivity contribution is -0.385. The van der Waals surface area contributed by atoms with E-state index in [-0.39, 0.29) is 17.0 Å². The molecule has 20 heavy (non-hydrogen) atoms. The second-order valence-electron chi connectivity index (χ2n) is 3.78. The van der Waals surface area contributed by atoms with Crippen molar-refractivity contribution in [3.8, 4) is 11.5 Å². The number of non-ortho nitro benzene ring substituents is 1. The van der Waals surface area contributed by atoms with E-state index in [9.17, 15) is 14.9 Å². The molecule has 0 aliphatic carbocycles. The summed E-state index contributed by atoms with van der Waals surface area (Å²) in [5.74, 6) is -0.547. The molecule has 0 atom stereocenters. The quantitative estimate of drug-likeness (QED) is 0.493. The summed E-state index contributed by atoms with van der Waals surface area (Å²) < 4.78 is 6.05. The maximum atomic E-state index is 11.1. The average Bonchev–Trinajstić information content (AvgIpc) is 2.41. The predicted octanol–water partition coefficient (Wildman–Crippen LogP) is 3.69. The van der Waals surface area contributed by atoms with Gasteiger partial charge >= 0.3 is 5.97 Å². The van der Waals surface area contributed by atoms with Crippen molar-refractivity contribution in [2.45, 2.75) is 0 Å². The van der Waals surface area contributed by atoms with Gasteiger partial charge in [-0.2, -0.15) is 0 Å². The molecule has 2 aromatic carbocycles. The molecular weight excluding hydrogens is 377 g/mol. The van der Waals surface area contributed by atoms with Crippen molar-refractivity contribution in [2.24, 2.45) is 0 Å². The maximum Gasteiger partial charge on any atom is 0.339 e. The van der Waals surface area contributed by atoms with Crippen LogP contribution in [0.3, 0.4) is 0 Å². The zero-order chi connectivity index (χ0) is 14.7. The van der Waals surface area contributed by atoms with Crippen LogP contribution >= 0.6 is 22.6 Å². The number of para-hydroxylation sites is 1. The van der Waals surface area contributed by atoms with Gasteiger partial charge in [-0.15, -0.1) is 0 Å². The Morgan fingerprint density at radius 2 is 1.90 bits per heavy atom. The lowest BCUT2D eigenvalue weighted by atomic mass is 10.2. The molecule has 0 bridgehead atoms. The van der Waals surface area contributed by atoms with Crippen molar-refractivity contribution in [1.82, 2.24) is 0 Å². The fourth-order valence-electron chi connectivity index (χ4n) is 1.54. The number of aromatic carboxylic acids is 1. The molecule has 7 heteroatoms. The average molecular weight is 385 g/mol. The number of halogens is 1. The van der Waals surface area contributed by atoms with Gasteiger partial charge in [0.15, 0.2) is 0 Å². The summed E-state index contributed by atoms with van der Waals surface area (Å²) in [6.45, 7) is 0. The first-order valence-electron chi connectivity index (χ1n) is 5.43. The zero-order valence-electron chi connectivity index (χ0n) is 9.95. The molecule has 0 heterocycles. The highest BCUT2D eigenvalue weighted by atomic mass is 127. The number of hydrogen-bond acceptors (Lipinski definition) is 4. The Kier molecular flexibility index (Phi) is 4.18. The fourth-order valence-corrected chi connectivity index (χ4v) is 2.15. The van der Waals surface area contributed by atoms with Crippen molar-refractivity contribution in [3.63, 3.8) is 0 Å². The Morgan fingerprint density at radius 1 is 1.20 bits per heavy atom. The number of nitro benzene ring substituents is 1. The third-order valence-electron chi connectivity index (χ3n) is 2.46. The summed E-state index contributed by atoms with van der Waals surface area (Å²) in [6.07, 6.45) is 0. The molecule has 0 unspecified atom stereocenters. The number of hydrogen-bond donors (Lipinski definition) is 1. The predicted molar refractivity (Wildman–Crippen MR) is 79.3 cm³/mol. The highest BCUT2D eigenvalue weighted by Gasteiger charge is 2.14. The highest BCUT2D eigenvalue weighted by molar-refractivity contribution is 14.1. The second-order valence-corrected chi connectivity index (χ2v) is 4.94. The van der Waals surface area contributed by atoms with E-state index in [1.54, 1.807) is 12.1 Å². The molecule has 0 aliphatic rings. The van der Waals surface area contributed by atoms with E-state index < -0.39 is 10.9 Å². The number of carboxylic acid groups (broad SMARTS) is 1. The molecule has 2 aromatic rings. The van der Waals surface area contributed by atoms with E-state index in [0.717, 1.165) is 0 Å². The Morgan fingerprint density at radius 3 is 2.50 bits per heavy atom. The van der Waals surface area contributed by atoms with E-state index in [4.69, 9.17) is 9.84 Å². The van der Waals surface area contributed by atoms with Gasteiger partial charge in [0, 0.05) is 12.1 Å². The minimum Gasteiger partial charge on any atom is -0.478 e. The van der Waals surface area contributed by atoms with Crippen LogP contribution in [0.2, 0.25) is 0 Å². The molecule has 2 rings (SSSR count). The van der Waals surface area contributed by atoms with Gasteiger partial charge < -0.3 is 9.84 Å². The van der Waals surface area contributed by atoms with Gasteiger partial charge in [0.05, 0.1) is 8.49 Å². The van der Waals surface area contributed by atoms with Crippen molar-refractivity contribution >= 4 is 34.2 Å². The fraction of sp³-hybridized carbons (Fsp3) is 0. The summed E-state index contributed by atoms with van der Waals surface area (Å²) in [7, 11) is 0. The minimum absolute atomic E-state index is 0.0293. The molecule has 0 amide bonds. The normalized spacial score (nSPS) is 10.1. The molecule has 0 aromatic heterocycles. The van der Waals surface area contributed by atoms with Crippen LogP contribution in [0.1, 0.15) is 10.4 Å². The molecule has 0 saturated heterocycles. The van der Waals surface area contributed by atoms with Crippen LogP contribution in [0.25, 0.3) is 0 Å². The lowest BCUT2D eigenvalue weighted by Gasteiger charge is -2.09. The maximum absolute atomic E-state index is 11.1. The van der Waals surface area contributed by atoms with E-state index in [1.165, 1.54) is 30.3 Å². The first-order chi connectivity index (χ1) is 9.49. The third kappa shape index (κ3) is 3.05. The molecule has 0 fully saturated rings. The third-order valence-corrected chi connectivity index (χ3v) is 3.31. The van der Waals surface area contributed by atoms with E-state index in [2.05, 4.69) is 0 Å². The Hall–Kier alpha value is -2.16. The SMILES string of the molecule is O=C(O)c1ccccc1Oc1ccc([N+](=O)[O-])cc1I. The molecule has 0 aliphatic heterocycles. The number of nitro groups is 1. The van der Waals surface area contributed by atoms with Crippen LogP contribution in [0.5, 0.6) is 11.5 Å². The Bertz CT molecular complexity index is 686. The largest absolute Gasteiger partial charge is 0.478 e. The van der Waals surface area contributed by atoms with Crippen molar-refractivity contribution in [1.29, 1.82) is 0 Å². The van der Waals surface area contributed by atoms with E-state index >= 15 is 0 Å². The molecule has 1 N–H and O–H groups in total. The first kappa shape index (κ1) is 14.3. The summed E-state index contributed by atoms with van der Waals surface area (Å²) in [4.78, 5) is 21.2. The summed E-state index contributed by atoms with van der Waals surface area (Å²) >= 11 is 1.90. The number of carboxylic acids is 1. The lowest BCUT2D eigenvalue weighted by Crippen LogP contribution is -2.00. The molecule has 102 valence electrons. The van der Waals surface area contributed by atoms with Gasteiger partial charge in [-0.3, -0.25) is 10.1 Å². The van der Waals surface area contributed by atoms with Gasteiger partial charge in [-0.1, -0.05) is 12.1 Å². The number of benzene rings is 2. The molecule has 0 saturated carbocycles. The minimum atomic E-state index is -1.10. The van der Waals surface area contributed by atoms with Gasteiger partial charge in [0.25, 0.3) is 5.69 Å². The summed E-state index contributed by atoms with van der Waals surface area (Å²) in [5.41, 5.74) is -0.0186. The van der Waals surface area contributed by atoms with Gasteiger partial charge in [-0.05, 0) is 40.8 Å². The van der Waals surface area contributed by atoms with Gasteiger partial charge in [0.2, 0.25) is 0 Å².